The first-order chi connectivity index (χ1) is 7.97. The highest BCUT2D eigenvalue weighted by atomic mass is 32.2. The van der Waals surface area contributed by atoms with E-state index in [4.69, 9.17) is 5.73 Å². The molecule has 0 saturated carbocycles. The summed E-state index contributed by atoms with van der Waals surface area (Å²) < 4.78 is 22.5. The Morgan fingerprint density at radius 2 is 1.82 bits per heavy atom. The van der Waals surface area contributed by atoms with Gasteiger partial charge in [-0.25, -0.2) is 18.4 Å². The Balaban J connectivity index is 2.13. The third-order valence-electron chi connectivity index (χ3n) is 2.87. The number of nitrogens with zero attached hydrogens (tertiary/aromatic N) is 3. The standard InChI is InChI=1S/C10H16N4O2S/c1-17(15,16)9-6-12-10(13-7-9)14-4-2-8(11)3-5-14/h6-8H,2-5,11H2,1H3. The van der Waals surface area contributed by atoms with Gasteiger partial charge in [-0.15, -0.1) is 0 Å². The van der Waals surface area contributed by atoms with Gasteiger partial charge in [-0.05, 0) is 12.8 Å². The van der Waals surface area contributed by atoms with Gasteiger partial charge in [0.2, 0.25) is 5.95 Å². The zero-order chi connectivity index (χ0) is 12.5. The van der Waals surface area contributed by atoms with Gasteiger partial charge < -0.3 is 10.6 Å². The van der Waals surface area contributed by atoms with Crippen molar-refractivity contribution in [1.29, 1.82) is 0 Å². The van der Waals surface area contributed by atoms with Gasteiger partial charge in [-0.1, -0.05) is 0 Å². The fraction of sp³-hybridized carbons (Fsp3) is 0.600. The molecule has 0 spiro atoms. The van der Waals surface area contributed by atoms with Crippen LogP contribution >= 0.6 is 0 Å². The molecule has 17 heavy (non-hydrogen) atoms. The molecule has 2 rings (SSSR count). The number of rotatable bonds is 2. The molecular formula is C10H16N4O2S. The van der Waals surface area contributed by atoms with E-state index < -0.39 is 9.84 Å². The van der Waals surface area contributed by atoms with Crippen LogP contribution in [0.4, 0.5) is 5.95 Å². The first kappa shape index (κ1) is 12.3. The van der Waals surface area contributed by atoms with E-state index in [9.17, 15) is 8.42 Å². The summed E-state index contributed by atoms with van der Waals surface area (Å²) >= 11 is 0. The molecule has 7 heteroatoms. The summed E-state index contributed by atoms with van der Waals surface area (Å²) in [6.45, 7) is 1.64. The van der Waals surface area contributed by atoms with E-state index in [0.717, 1.165) is 32.2 Å². The maximum Gasteiger partial charge on any atom is 0.225 e. The third kappa shape index (κ3) is 2.92. The van der Waals surface area contributed by atoms with Crippen molar-refractivity contribution in [2.45, 2.75) is 23.8 Å². The zero-order valence-electron chi connectivity index (χ0n) is 9.70. The average molecular weight is 256 g/mol. The van der Waals surface area contributed by atoms with E-state index in [1.807, 2.05) is 4.90 Å². The highest BCUT2D eigenvalue weighted by Gasteiger charge is 2.18. The SMILES string of the molecule is CS(=O)(=O)c1cnc(N2CCC(N)CC2)nc1. The molecule has 0 aliphatic carbocycles. The van der Waals surface area contributed by atoms with Crippen LogP contribution in [0.25, 0.3) is 0 Å². The van der Waals surface area contributed by atoms with Crippen molar-refractivity contribution in [3.8, 4) is 0 Å². The summed E-state index contributed by atoms with van der Waals surface area (Å²) in [6, 6.07) is 0.251. The van der Waals surface area contributed by atoms with Crippen molar-refractivity contribution >= 4 is 15.8 Å². The minimum absolute atomic E-state index is 0.148. The van der Waals surface area contributed by atoms with E-state index in [1.54, 1.807) is 0 Å². The van der Waals surface area contributed by atoms with Crippen molar-refractivity contribution in [2.24, 2.45) is 5.73 Å². The number of aromatic nitrogens is 2. The first-order valence-corrected chi connectivity index (χ1v) is 7.38. The molecule has 1 saturated heterocycles. The van der Waals surface area contributed by atoms with Gasteiger partial charge in [0.15, 0.2) is 9.84 Å². The van der Waals surface area contributed by atoms with Gasteiger partial charge in [-0.3, -0.25) is 0 Å². The van der Waals surface area contributed by atoms with E-state index in [-0.39, 0.29) is 10.9 Å². The van der Waals surface area contributed by atoms with Crippen LogP contribution in [0.5, 0.6) is 0 Å². The molecular weight excluding hydrogens is 240 g/mol. The van der Waals surface area contributed by atoms with Gasteiger partial charge in [-0.2, -0.15) is 0 Å². The average Bonchev–Trinajstić information content (AvgIpc) is 2.29. The molecule has 1 aliphatic rings. The lowest BCUT2D eigenvalue weighted by atomic mass is 10.1. The van der Waals surface area contributed by atoms with Crippen molar-refractivity contribution < 1.29 is 8.42 Å². The largest absolute Gasteiger partial charge is 0.341 e. The Labute approximate surface area is 101 Å². The van der Waals surface area contributed by atoms with Crippen LogP contribution in [0, 0.1) is 0 Å². The fourth-order valence-electron chi connectivity index (χ4n) is 1.76. The van der Waals surface area contributed by atoms with Gasteiger partial charge in [0.25, 0.3) is 0 Å². The lowest BCUT2D eigenvalue weighted by Gasteiger charge is -2.29. The van der Waals surface area contributed by atoms with E-state index in [1.165, 1.54) is 12.4 Å². The quantitative estimate of drug-likeness (QED) is 0.788. The van der Waals surface area contributed by atoms with Crippen LogP contribution in [0.15, 0.2) is 17.3 Å². The van der Waals surface area contributed by atoms with Gasteiger partial charge >= 0.3 is 0 Å². The minimum Gasteiger partial charge on any atom is -0.341 e. The van der Waals surface area contributed by atoms with E-state index >= 15 is 0 Å². The summed E-state index contributed by atoms with van der Waals surface area (Å²) in [6.07, 6.45) is 5.68. The summed E-state index contributed by atoms with van der Waals surface area (Å²) in [5, 5.41) is 0. The molecule has 1 aromatic rings. The zero-order valence-corrected chi connectivity index (χ0v) is 10.5. The topological polar surface area (TPSA) is 89.2 Å². The van der Waals surface area contributed by atoms with Crippen LogP contribution in [-0.2, 0) is 9.84 Å². The van der Waals surface area contributed by atoms with Crippen molar-refractivity contribution in [2.75, 3.05) is 24.2 Å². The van der Waals surface area contributed by atoms with Crippen molar-refractivity contribution in [1.82, 2.24) is 9.97 Å². The Kier molecular flexibility index (Phi) is 3.30. The number of hydrogen-bond donors (Lipinski definition) is 1. The maximum atomic E-state index is 11.3. The molecule has 0 aromatic carbocycles. The lowest BCUT2D eigenvalue weighted by molar-refractivity contribution is 0.495. The molecule has 2 N–H and O–H groups in total. The normalized spacial score (nSPS) is 18.4. The number of anilines is 1. The summed E-state index contributed by atoms with van der Waals surface area (Å²) in [7, 11) is -3.22. The summed E-state index contributed by atoms with van der Waals surface area (Å²) in [5.41, 5.74) is 5.81. The second kappa shape index (κ2) is 4.58. The predicted molar refractivity (Wildman–Crippen MR) is 64.6 cm³/mol. The first-order valence-electron chi connectivity index (χ1n) is 5.49. The Morgan fingerprint density at radius 3 is 2.29 bits per heavy atom. The maximum absolute atomic E-state index is 11.3. The molecule has 94 valence electrons. The van der Waals surface area contributed by atoms with Gasteiger partial charge in [0.05, 0.1) is 12.4 Å². The number of nitrogens with two attached hydrogens (primary N) is 1. The number of sulfone groups is 1. The minimum atomic E-state index is -3.22. The molecule has 0 atom stereocenters. The molecule has 1 aromatic heterocycles. The fourth-order valence-corrected chi connectivity index (χ4v) is 2.25. The monoisotopic (exact) mass is 256 g/mol. The van der Waals surface area contributed by atoms with Crippen LogP contribution in [-0.4, -0.2) is 43.8 Å². The Morgan fingerprint density at radius 1 is 1.29 bits per heavy atom. The molecule has 1 aliphatic heterocycles. The smallest absolute Gasteiger partial charge is 0.225 e. The molecule has 6 nitrogen and oxygen atoms in total. The van der Waals surface area contributed by atoms with E-state index in [0.29, 0.717) is 5.95 Å². The molecule has 1 fully saturated rings. The van der Waals surface area contributed by atoms with Gasteiger partial charge in [0.1, 0.15) is 4.90 Å². The van der Waals surface area contributed by atoms with Crippen LogP contribution in [0.1, 0.15) is 12.8 Å². The molecule has 0 unspecified atom stereocenters. The van der Waals surface area contributed by atoms with Crippen LogP contribution < -0.4 is 10.6 Å². The second-order valence-electron chi connectivity index (χ2n) is 4.32. The van der Waals surface area contributed by atoms with Crippen molar-refractivity contribution in [3.63, 3.8) is 0 Å². The van der Waals surface area contributed by atoms with E-state index in [2.05, 4.69) is 9.97 Å². The number of hydrogen-bond acceptors (Lipinski definition) is 6. The van der Waals surface area contributed by atoms with Crippen molar-refractivity contribution in [3.05, 3.63) is 12.4 Å². The molecule has 0 radical (unpaired) electrons. The second-order valence-corrected chi connectivity index (χ2v) is 6.33. The highest BCUT2D eigenvalue weighted by Crippen LogP contribution is 2.15. The Hall–Kier alpha value is -1.21. The lowest BCUT2D eigenvalue weighted by Crippen LogP contribution is -2.40. The highest BCUT2D eigenvalue weighted by molar-refractivity contribution is 7.90. The summed E-state index contributed by atoms with van der Waals surface area (Å²) in [4.78, 5) is 10.3. The predicted octanol–water partition coefficient (Wildman–Crippen LogP) is -0.192. The van der Waals surface area contributed by atoms with Gasteiger partial charge in [0, 0.05) is 25.4 Å². The molecule has 0 bridgehead atoms. The number of piperidine rings is 1. The molecule has 2 heterocycles. The Bertz CT molecular complexity index is 478. The summed E-state index contributed by atoms with van der Waals surface area (Å²) in [5.74, 6) is 0.573. The van der Waals surface area contributed by atoms with Crippen LogP contribution in [0.3, 0.4) is 0 Å². The molecule has 0 amide bonds. The third-order valence-corrected chi connectivity index (χ3v) is 3.93. The van der Waals surface area contributed by atoms with Crippen LogP contribution in [0.2, 0.25) is 0 Å².